The third-order valence-electron chi connectivity index (χ3n) is 5.06. The Balaban J connectivity index is 1.52. The summed E-state index contributed by atoms with van der Waals surface area (Å²) in [6, 6.07) is 13.6. The summed E-state index contributed by atoms with van der Waals surface area (Å²) in [5, 5.41) is 11.1. The van der Waals surface area contributed by atoms with E-state index in [2.05, 4.69) is 20.6 Å². The van der Waals surface area contributed by atoms with E-state index in [-0.39, 0.29) is 42.7 Å². The van der Waals surface area contributed by atoms with Gasteiger partial charge in [0, 0.05) is 25.1 Å². The first-order valence-electron chi connectivity index (χ1n) is 10.7. The number of methoxy groups -OCH3 is 1. The van der Waals surface area contributed by atoms with Gasteiger partial charge in [0.1, 0.15) is 5.75 Å². The summed E-state index contributed by atoms with van der Waals surface area (Å²) in [5.74, 6) is 0.274. The van der Waals surface area contributed by atoms with Crippen LogP contribution in [0.25, 0.3) is 17.2 Å². The molecule has 4 rings (SSSR count). The van der Waals surface area contributed by atoms with Gasteiger partial charge in [-0.3, -0.25) is 14.2 Å². The van der Waals surface area contributed by atoms with E-state index in [1.54, 1.807) is 55.5 Å². The van der Waals surface area contributed by atoms with Crippen LogP contribution in [-0.2, 0) is 17.8 Å². The fraction of sp³-hybridized carbons (Fsp3) is 0.217. The number of ether oxygens (including phenoxy) is 1. The summed E-state index contributed by atoms with van der Waals surface area (Å²) in [6.45, 7) is 1.82. The molecular formula is C23H21ClN6O5. The van der Waals surface area contributed by atoms with E-state index in [1.807, 2.05) is 0 Å². The van der Waals surface area contributed by atoms with Crippen molar-refractivity contribution in [2.24, 2.45) is 0 Å². The van der Waals surface area contributed by atoms with Crippen molar-refractivity contribution in [2.45, 2.75) is 26.3 Å². The minimum Gasteiger partial charge on any atom is -0.495 e. The number of carbonyl (C=O) groups excluding carboxylic acids is 1. The molecule has 2 heterocycles. The lowest BCUT2D eigenvalue weighted by atomic mass is 10.2. The molecule has 0 aliphatic heterocycles. The van der Waals surface area contributed by atoms with Gasteiger partial charge < -0.3 is 14.6 Å². The van der Waals surface area contributed by atoms with Crippen LogP contribution in [0.15, 0.2) is 62.6 Å². The maximum absolute atomic E-state index is 12.8. The average Bonchev–Trinajstić information content (AvgIpc) is 3.33. The average molecular weight is 497 g/mol. The highest BCUT2D eigenvalue weighted by molar-refractivity contribution is 6.32. The van der Waals surface area contributed by atoms with Crippen LogP contribution >= 0.6 is 11.6 Å². The van der Waals surface area contributed by atoms with Crippen LogP contribution in [0.3, 0.4) is 0 Å². The molecule has 0 bridgehead atoms. The number of aromatic nitrogens is 5. The highest BCUT2D eigenvalue weighted by atomic mass is 35.5. The lowest BCUT2D eigenvalue weighted by Crippen LogP contribution is -2.41. The smallest absolute Gasteiger partial charge is 0.352 e. The molecule has 0 aliphatic carbocycles. The van der Waals surface area contributed by atoms with Crippen LogP contribution in [0.4, 0.5) is 5.69 Å². The van der Waals surface area contributed by atoms with Crippen molar-refractivity contribution in [3.8, 4) is 23.0 Å². The minimum atomic E-state index is -0.633. The number of rotatable bonds is 8. The molecule has 0 atom stereocenters. The molecule has 180 valence electrons. The third-order valence-corrected chi connectivity index (χ3v) is 5.35. The zero-order valence-electron chi connectivity index (χ0n) is 18.9. The van der Waals surface area contributed by atoms with Gasteiger partial charge >= 0.3 is 5.69 Å². The fourth-order valence-corrected chi connectivity index (χ4v) is 3.57. The first kappa shape index (κ1) is 23.9. The van der Waals surface area contributed by atoms with Gasteiger partial charge in [0.15, 0.2) is 5.69 Å². The van der Waals surface area contributed by atoms with Crippen LogP contribution in [0.1, 0.15) is 19.2 Å². The maximum atomic E-state index is 12.8. The van der Waals surface area contributed by atoms with E-state index in [4.69, 9.17) is 20.9 Å². The van der Waals surface area contributed by atoms with Crippen molar-refractivity contribution in [3.05, 3.63) is 80.3 Å². The van der Waals surface area contributed by atoms with Gasteiger partial charge in [0.25, 0.3) is 5.56 Å². The molecular weight excluding hydrogens is 476 g/mol. The van der Waals surface area contributed by atoms with E-state index in [9.17, 15) is 14.4 Å². The zero-order chi connectivity index (χ0) is 24.9. The minimum absolute atomic E-state index is 0.0431. The standard InChI is InChI=1S/C23H21ClN6O5/c1-3-29-22(32)20(27-30(23(29)33)15-7-5-4-6-8-15)21-26-19(35-28-21)12-11-18(31)25-14-9-10-17(34-2)16(24)13-14/h4-10,13H,3,11-12H2,1-2H3,(H,25,31). The second kappa shape index (κ2) is 10.3. The fourth-order valence-electron chi connectivity index (χ4n) is 3.31. The van der Waals surface area contributed by atoms with E-state index < -0.39 is 11.2 Å². The predicted molar refractivity (Wildman–Crippen MR) is 128 cm³/mol. The zero-order valence-corrected chi connectivity index (χ0v) is 19.7. The van der Waals surface area contributed by atoms with Gasteiger partial charge in [-0.25, -0.2) is 4.79 Å². The van der Waals surface area contributed by atoms with Gasteiger partial charge in [0.05, 0.1) is 17.8 Å². The maximum Gasteiger partial charge on any atom is 0.352 e. The Kier molecular flexibility index (Phi) is 7.06. The molecule has 0 aliphatic rings. The Morgan fingerprint density at radius 3 is 2.63 bits per heavy atom. The molecule has 0 radical (unpaired) electrons. The molecule has 0 saturated heterocycles. The number of aryl methyl sites for hydroxylation is 1. The number of benzene rings is 2. The number of nitrogens with zero attached hydrogens (tertiary/aromatic N) is 5. The molecule has 0 unspecified atom stereocenters. The van der Waals surface area contributed by atoms with Crippen LogP contribution in [-0.4, -0.2) is 37.5 Å². The molecule has 0 saturated carbocycles. The third kappa shape index (κ3) is 5.14. The summed E-state index contributed by atoms with van der Waals surface area (Å²) in [7, 11) is 1.50. The second-order valence-electron chi connectivity index (χ2n) is 7.34. The van der Waals surface area contributed by atoms with Crippen molar-refractivity contribution >= 4 is 23.2 Å². The van der Waals surface area contributed by atoms with Gasteiger partial charge in [0.2, 0.25) is 17.6 Å². The number of anilines is 1. The van der Waals surface area contributed by atoms with Gasteiger partial charge in [-0.1, -0.05) is 35.0 Å². The van der Waals surface area contributed by atoms with Crippen LogP contribution in [0.2, 0.25) is 5.02 Å². The Bertz CT molecular complexity index is 1480. The highest BCUT2D eigenvalue weighted by Gasteiger charge is 2.20. The molecule has 35 heavy (non-hydrogen) atoms. The first-order valence-corrected chi connectivity index (χ1v) is 11.0. The highest BCUT2D eigenvalue weighted by Crippen LogP contribution is 2.27. The molecule has 1 amide bonds. The molecule has 2 aromatic carbocycles. The molecule has 11 nitrogen and oxygen atoms in total. The van der Waals surface area contributed by atoms with Gasteiger partial charge in [-0.15, -0.1) is 0 Å². The van der Waals surface area contributed by atoms with Crippen molar-refractivity contribution in [1.82, 2.24) is 24.5 Å². The summed E-state index contributed by atoms with van der Waals surface area (Å²) in [4.78, 5) is 42.1. The van der Waals surface area contributed by atoms with Crippen molar-refractivity contribution < 1.29 is 14.1 Å². The molecule has 4 aromatic rings. The van der Waals surface area contributed by atoms with Crippen LogP contribution in [0.5, 0.6) is 5.75 Å². The number of para-hydroxylation sites is 1. The summed E-state index contributed by atoms with van der Waals surface area (Å²) < 4.78 is 12.5. The van der Waals surface area contributed by atoms with Gasteiger partial charge in [-0.2, -0.15) is 14.8 Å². The largest absolute Gasteiger partial charge is 0.495 e. The van der Waals surface area contributed by atoms with Crippen LogP contribution < -0.4 is 21.3 Å². The van der Waals surface area contributed by atoms with E-state index in [0.29, 0.717) is 22.1 Å². The number of amides is 1. The van der Waals surface area contributed by atoms with Crippen molar-refractivity contribution in [3.63, 3.8) is 0 Å². The van der Waals surface area contributed by atoms with Crippen LogP contribution in [0, 0.1) is 0 Å². The molecule has 12 heteroatoms. The lowest BCUT2D eigenvalue weighted by Gasteiger charge is -2.09. The topological polar surface area (TPSA) is 134 Å². The van der Waals surface area contributed by atoms with Crippen molar-refractivity contribution in [2.75, 3.05) is 12.4 Å². The lowest BCUT2D eigenvalue weighted by molar-refractivity contribution is -0.116. The van der Waals surface area contributed by atoms with E-state index in [0.717, 1.165) is 9.25 Å². The molecule has 1 N–H and O–H groups in total. The summed E-state index contributed by atoms with van der Waals surface area (Å²) >= 11 is 6.08. The molecule has 0 spiro atoms. The Hall–Kier alpha value is -4.25. The Labute approximate surface area is 203 Å². The molecule has 2 aromatic heterocycles. The van der Waals surface area contributed by atoms with E-state index in [1.165, 1.54) is 7.11 Å². The summed E-state index contributed by atoms with van der Waals surface area (Å²) in [6.07, 6.45) is 0.171. The normalized spacial score (nSPS) is 10.8. The molecule has 0 fully saturated rings. The first-order chi connectivity index (χ1) is 16.9. The number of hydrogen-bond acceptors (Lipinski definition) is 8. The van der Waals surface area contributed by atoms with Gasteiger partial charge in [-0.05, 0) is 37.3 Å². The number of nitrogens with one attached hydrogen (secondary N) is 1. The number of hydrogen-bond donors (Lipinski definition) is 1. The van der Waals surface area contributed by atoms with E-state index >= 15 is 0 Å². The quantitative estimate of drug-likeness (QED) is 0.393. The monoisotopic (exact) mass is 496 g/mol. The second-order valence-corrected chi connectivity index (χ2v) is 7.74. The number of halogens is 1. The Morgan fingerprint density at radius 1 is 1.17 bits per heavy atom. The Morgan fingerprint density at radius 2 is 1.94 bits per heavy atom. The predicted octanol–water partition coefficient (Wildman–Crippen LogP) is 2.70. The number of carbonyl (C=O) groups is 1. The summed E-state index contributed by atoms with van der Waals surface area (Å²) in [5.41, 5.74) is -0.347. The SMILES string of the molecule is CCn1c(=O)c(-c2noc(CCC(=O)Nc3ccc(OC)c(Cl)c3)n2)nn(-c2ccccc2)c1=O. The van der Waals surface area contributed by atoms with Crippen molar-refractivity contribution in [1.29, 1.82) is 0 Å².